The normalized spacial score (nSPS) is 11.3. The second-order valence-electron chi connectivity index (χ2n) is 5.71. The SMILES string of the molecule is Cc1ccc(-c2nnc(CCC(=O)NS(=O)(=O)c3ccccc3)o2)cc1. The van der Waals surface area contributed by atoms with Gasteiger partial charge in [-0.1, -0.05) is 35.9 Å². The number of carbonyl (C=O) groups excluding carboxylic acids is 1. The topological polar surface area (TPSA) is 102 Å². The van der Waals surface area contributed by atoms with Crippen LogP contribution in [0.5, 0.6) is 0 Å². The zero-order valence-electron chi connectivity index (χ0n) is 14.0. The Balaban J connectivity index is 1.59. The van der Waals surface area contributed by atoms with E-state index in [-0.39, 0.29) is 23.6 Å². The number of carbonyl (C=O) groups is 1. The fraction of sp³-hybridized carbons (Fsp3) is 0.167. The van der Waals surface area contributed by atoms with E-state index in [1.165, 1.54) is 12.1 Å². The lowest BCUT2D eigenvalue weighted by atomic mass is 10.1. The third-order valence-electron chi connectivity index (χ3n) is 3.63. The fourth-order valence-corrected chi connectivity index (χ4v) is 3.28. The highest BCUT2D eigenvalue weighted by molar-refractivity contribution is 7.90. The molecule has 3 rings (SSSR count). The molecule has 0 atom stereocenters. The molecule has 0 unspecified atom stereocenters. The molecule has 1 N–H and O–H groups in total. The van der Waals surface area contributed by atoms with Gasteiger partial charge in [-0.15, -0.1) is 10.2 Å². The Bertz CT molecular complexity index is 996. The van der Waals surface area contributed by atoms with Gasteiger partial charge in [0.15, 0.2) is 0 Å². The highest BCUT2D eigenvalue weighted by atomic mass is 32.2. The van der Waals surface area contributed by atoms with Crippen LogP contribution in [0.1, 0.15) is 17.9 Å². The highest BCUT2D eigenvalue weighted by Crippen LogP contribution is 2.18. The van der Waals surface area contributed by atoms with Crippen molar-refractivity contribution in [1.29, 1.82) is 0 Å². The summed E-state index contributed by atoms with van der Waals surface area (Å²) in [5.74, 6) is -0.00547. The van der Waals surface area contributed by atoms with Gasteiger partial charge in [-0.3, -0.25) is 4.79 Å². The smallest absolute Gasteiger partial charge is 0.264 e. The maximum absolute atomic E-state index is 12.1. The number of hydrogen-bond acceptors (Lipinski definition) is 6. The molecular formula is C18H17N3O4S. The molecule has 1 aromatic heterocycles. The first-order valence-corrected chi connectivity index (χ1v) is 9.42. The third-order valence-corrected chi connectivity index (χ3v) is 5.02. The Morgan fingerprint density at radius 2 is 1.73 bits per heavy atom. The van der Waals surface area contributed by atoms with Crippen LogP contribution in [-0.2, 0) is 21.2 Å². The lowest BCUT2D eigenvalue weighted by Gasteiger charge is -2.05. The summed E-state index contributed by atoms with van der Waals surface area (Å²) < 4.78 is 31.7. The van der Waals surface area contributed by atoms with Gasteiger partial charge in [-0.05, 0) is 31.2 Å². The number of benzene rings is 2. The van der Waals surface area contributed by atoms with Crippen molar-refractivity contribution in [3.63, 3.8) is 0 Å². The van der Waals surface area contributed by atoms with Crippen LogP contribution in [0, 0.1) is 6.92 Å². The summed E-state index contributed by atoms with van der Waals surface area (Å²) >= 11 is 0. The first kappa shape index (κ1) is 17.8. The first-order valence-electron chi connectivity index (χ1n) is 7.94. The van der Waals surface area contributed by atoms with Crippen molar-refractivity contribution < 1.29 is 17.6 Å². The number of sulfonamides is 1. The van der Waals surface area contributed by atoms with Gasteiger partial charge >= 0.3 is 0 Å². The van der Waals surface area contributed by atoms with E-state index in [1.807, 2.05) is 35.9 Å². The molecule has 7 nitrogen and oxygen atoms in total. The summed E-state index contributed by atoms with van der Waals surface area (Å²) in [5.41, 5.74) is 1.90. The van der Waals surface area contributed by atoms with Gasteiger partial charge in [0.25, 0.3) is 10.0 Å². The molecule has 0 bridgehead atoms. The van der Waals surface area contributed by atoms with Crippen LogP contribution in [-0.4, -0.2) is 24.5 Å². The van der Waals surface area contributed by atoms with Gasteiger partial charge in [0.05, 0.1) is 4.90 Å². The second kappa shape index (κ2) is 7.49. The quantitative estimate of drug-likeness (QED) is 0.714. The van der Waals surface area contributed by atoms with Crippen LogP contribution in [0.3, 0.4) is 0 Å². The molecule has 3 aromatic rings. The number of nitrogens with zero attached hydrogens (tertiary/aromatic N) is 2. The van der Waals surface area contributed by atoms with Crippen LogP contribution < -0.4 is 4.72 Å². The Labute approximate surface area is 151 Å². The van der Waals surface area contributed by atoms with Crippen molar-refractivity contribution >= 4 is 15.9 Å². The molecule has 2 aromatic carbocycles. The number of aromatic nitrogens is 2. The summed E-state index contributed by atoms with van der Waals surface area (Å²) in [4.78, 5) is 12.0. The molecule has 0 radical (unpaired) electrons. The summed E-state index contributed by atoms with van der Waals surface area (Å²) in [7, 11) is -3.87. The molecule has 1 amide bonds. The van der Waals surface area contributed by atoms with E-state index in [0.717, 1.165) is 11.1 Å². The molecule has 134 valence electrons. The second-order valence-corrected chi connectivity index (χ2v) is 7.39. The van der Waals surface area contributed by atoms with Crippen LogP contribution in [0.25, 0.3) is 11.5 Å². The standard InChI is InChI=1S/C18H17N3O4S/c1-13-7-9-14(10-8-13)18-20-19-17(25-18)12-11-16(22)21-26(23,24)15-5-3-2-4-6-15/h2-10H,11-12H2,1H3,(H,21,22). The molecular weight excluding hydrogens is 354 g/mol. The first-order chi connectivity index (χ1) is 12.4. The molecule has 0 aliphatic carbocycles. The molecule has 1 heterocycles. The van der Waals surface area contributed by atoms with Gasteiger partial charge in [-0.25, -0.2) is 13.1 Å². The zero-order valence-corrected chi connectivity index (χ0v) is 14.9. The number of aryl methyl sites for hydroxylation is 2. The fourth-order valence-electron chi connectivity index (χ4n) is 2.25. The molecule has 8 heteroatoms. The van der Waals surface area contributed by atoms with Gasteiger partial charge in [-0.2, -0.15) is 0 Å². The molecule has 0 saturated heterocycles. The monoisotopic (exact) mass is 371 g/mol. The van der Waals surface area contributed by atoms with Gasteiger partial charge < -0.3 is 4.42 Å². The van der Waals surface area contributed by atoms with Gasteiger partial charge in [0, 0.05) is 18.4 Å². The van der Waals surface area contributed by atoms with E-state index < -0.39 is 15.9 Å². The molecule has 0 aliphatic heterocycles. The minimum absolute atomic E-state index is 0.0350. The van der Waals surface area contributed by atoms with Crippen molar-refractivity contribution in [2.75, 3.05) is 0 Å². The van der Waals surface area contributed by atoms with E-state index in [0.29, 0.717) is 5.89 Å². The molecule has 0 saturated carbocycles. The van der Waals surface area contributed by atoms with Crippen molar-refractivity contribution in [3.8, 4) is 11.5 Å². The lowest BCUT2D eigenvalue weighted by Crippen LogP contribution is -2.30. The molecule has 0 aliphatic rings. The average molecular weight is 371 g/mol. The van der Waals surface area contributed by atoms with Crippen molar-refractivity contribution in [2.45, 2.75) is 24.7 Å². The van der Waals surface area contributed by atoms with Gasteiger partial charge in [0.1, 0.15) is 0 Å². The van der Waals surface area contributed by atoms with E-state index in [4.69, 9.17) is 4.42 Å². The highest BCUT2D eigenvalue weighted by Gasteiger charge is 2.18. The molecule has 26 heavy (non-hydrogen) atoms. The number of nitrogens with one attached hydrogen (secondary N) is 1. The number of amides is 1. The summed E-state index contributed by atoms with van der Waals surface area (Å²) in [6.45, 7) is 1.98. The predicted octanol–water partition coefficient (Wildman–Crippen LogP) is 2.48. The van der Waals surface area contributed by atoms with E-state index in [2.05, 4.69) is 10.2 Å². The Morgan fingerprint density at radius 1 is 1.04 bits per heavy atom. The van der Waals surface area contributed by atoms with E-state index in [1.54, 1.807) is 18.2 Å². The maximum Gasteiger partial charge on any atom is 0.264 e. The number of hydrogen-bond donors (Lipinski definition) is 1. The van der Waals surface area contributed by atoms with Gasteiger partial charge in [0.2, 0.25) is 17.7 Å². The number of rotatable bonds is 6. The Morgan fingerprint density at radius 3 is 2.42 bits per heavy atom. The summed E-state index contributed by atoms with van der Waals surface area (Å²) in [5, 5.41) is 7.85. The predicted molar refractivity (Wildman–Crippen MR) is 94.6 cm³/mol. The van der Waals surface area contributed by atoms with E-state index in [9.17, 15) is 13.2 Å². The summed E-state index contributed by atoms with van der Waals surface area (Å²) in [6, 6.07) is 15.3. The van der Waals surface area contributed by atoms with Crippen LogP contribution in [0.4, 0.5) is 0 Å². The minimum atomic E-state index is -3.87. The average Bonchev–Trinajstić information content (AvgIpc) is 3.10. The molecule has 0 fully saturated rings. The van der Waals surface area contributed by atoms with Crippen LogP contribution >= 0.6 is 0 Å². The lowest BCUT2D eigenvalue weighted by molar-refractivity contribution is -0.119. The minimum Gasteiger partial charge on any atom is -0.421 e. The van der Waals surface area contributed by atoms with Crippen LogP contribution in [0.2, 0.25) is 0 Å². The third kappa shape index (κ3) is 4.34. The largest absolute Gasteiger partial charge is 0.421 e. The Kier molecular flexibility index (Phi) is 5.13. The van der Waals surface area contributed by atoms with Crippen molar-refractivity contribution in [3.05, 3.63) is 66.1 Å². The molecule has 0 spiro atoms. The van der Waals surface area contributed by atoms with Crippen molar-refractivity contribution in [2.24, 2.45) is 0 Å². The Hall–Kier alpha value is -3.00. The summed E-state index contributed by atoms with van der Waals surface area (Å²) in [6.07, 6.45) is 0.0661. The maximum atomic E-state index is 12.1. The van der Waals surface area contributed by atoms with Crippen molar-refractivity contribution in [1.82, 2.24) is 14.9 Å². The zero-order chi connectivity index (χ0) is 18.6. The van der Waals surface area contributed by atoms with E-state index >= 15 is 0 Å². The van der Waals surface area contributed by atoms with Crippen LogP contribution in [0.15, 0.2) is 63.9 Å².